The lowest BCUT2D eigenvalue weighted by Gasteiger charge is -2.24. The molecule has 0 amide bonds. The number of hydrogen-bond acceptors (Lipinski definition) is 11. The van der Waals surface area contributed by atoms with Gasteiger partial charge in [-0.05, 0) is 37.6 Å². The first-order valence-electron chi connectivity index (χ1n) is 12.2. The van der Waals surface area contributed by atoms with Crippen molar-refractivity contribution in [3.63, 3.8) is 0 Å². The number of esters is 2. The first kappa shape index (κ1) is 30.2. The van der Waals surface area contributed by atoms with E-state index in [1.54, 1.807) is 38.1 Å². The van der Waals surface area contributed by atoms with Crippen molar-refractivity contribution >= 4 is 22.7 Å². The molecule has 3 aromatic rings. The van der Waals surface area contributed by atoms with Crippen LogP contribution in [0, 0.1) is 0 Å². The largest absolute Gasteiger partial charge is 0.493 e. The molecule has 216 valence electrons. The fraction of sp³-hybridized carbons (Fsp3) is 0.379. The molecule has 0 bridgehead atoms. The summed E-state index contributed by atoms with van der Waals surface area (Å²) < 4.78 is 49.9. The molecule has 0 heterocycles. The molecule has 3 aromatic carbocycles. The number of rotatable bonds is 12. The molecular weight excluding hydrogens is 524 g/mol. The van der Waals surface area contributed by atoms with Crippen molar-refractivity contribution in [3.8, 4) is 45.6 Å². The molecule has 0 saturated carbocycles. The molecule has 0 atom stereocenters. The maximum absolute atomic E-state index is 13.7. The van der Waals surface area contributed by atoms with Gasteiger partial charge in [-0.3, -0.25) is 0 Å². The Morgan fingerprint density at radius 2 is 1.35 bits per heavy atom. The lowest BCUT2D eigenvalue weighted by atomic mass is 9.87. The molecule has 11 nitrogen and oxygen atoms in total. The van der Waals surface area contributed by atoms with Gasteiger partial charge in [0.05, 0.1) is 54.3 Å². The average molecular weight is 559 g/mol. The van der Waals surface area contributed by atoms with Crippen molar-refractivity contribution in [2.45, 2.75) is 20.0 Å². The van der Waals surface area contributed by atoms with Gasteiger partial charge in [0.15, 0.2) is 29.8 Å². The van der Waals surface area contributed by atoms with Crippen LogP contribution in [0.4, 0.5) is 0 Å². The summed E-state index contributed by atoms with van der Waals surface area (Å²) in [5, 5.41) is 0.736. The maximum atomic E-state index is 13.7. The second kappa shape index (κ2) is 13.1. The summed E-state index contributed by atoms with van der Waals surface area (Å²) in [4.78, 5) is 27.3. The Bertz CT molecular complexity index is 1400. The number of carbonyl (C=O) groups is 2. The minimum absolute atomic E-state index is 0.00591. The van der Waals surface area contributed by atoms with Crippen LogP contribution in [-0.4, -0.2) is 74.6 Å². The second-order valence-corrected chi connectivity index (χ2v) is 8.59. The Labute approximate surface area is 232 Å². The zero-order valence-corrected chi connectivity index (χ0v) is 24.1. The van der Waals surface area contributed by atoms with Gasteiger partial charge in [0.2, 0.25) is 5.75 Å². The van der Waals surface area contributed by atoms with Gasteiger partial charge >= 0.3 is 11.9 Å². The summed E-state index contributed by atoms with van der Waals surface area (Å²) in [5.74, 6) is -0.00786. The van der Waals surface area contributed by atoms with Gasteiger partial charge in [0.1, 0.15) is 11.3 Å². The Morgan fingerprint density at radius 3 is 1.88 bits per heavy atom. The van der Waals surface area contributed by atoms with Gasteiger partial charge < -0.3 is 42.6 Å². The van der Waals surface area contributed by atoms with Gasteiger partial charge in [-0.25, -0.2) is 9.59 Å². The third-order valence-electron chi connectivity index (χ3n) is 5.98. The van der Waals surface area contributed by atoms with E-state index in [1.165, 1.54) is 49.8 Å². The monoisotopic (exact) mass is 558 g/mol. The molecule has 0 spiro atoms. The highest BCUT2D eigenvalue weighted by atomic mass is 16.7. The molecule has 0 N–H and O–H groups in total. The maximum Gasteiger partial charge on any atom is 0.343 e. The van der Waals surface area contributed by atoms with Crippen LogP contribution in [-0.2, 0) is 14.2 Å². The minimum atomic E-state index is -0.818. The third kappa shape index (κ3) is 5.50. The third-order valence-corrected chi connectivity index (χ3v) is 5.98. The Morgan fingerprint density at radius 1 is 0.700 bits per heavy atom. The lowest BCUT2D eigenvalue weighted by molar-refractivity contribution is 0.0332. The molecule has 11 heteroatoms. The highest BCUT2D eigenvalue weighted by Gasteiger charge is 2.35. The van der Waals surface area contributed by atoms with Gasteiger partial charge in [0, 0.05) is 23.4 Å². The van der Waals surface area contributed by atoms with E-state index in [-0.39, 0.29) is 40.7 Å². The summed E-state index contributed by atoms with van der Waals surface area (Å²) in [6.45, 7) is 3.14. The zero-order valence-electron chi connectivity index (χ0n) is 24.1. The van der Waals surface area contributed by atoms with Gasteiger partial charge in [-0.2, -0.15) is 0 Å². The van der Waals surface area contributed by atoms with Crippen LogP contribution < -0.4 is 28.4 Å². The first-order chi connectivity index (χ1) is 19.2. The highest BCUT2D eigenvalue weighted by Crippen LogP contribution is 2.53. The molecule has 0 aliphatic rings. The van der Waals surface area contributed by atoms with E-state index in [0.29, 0.717) is 33.6 Å². The van der Waals surface area contributed by atoms with Gasteiger partial charge in [-0.15, -0.1) is 0 Å². The molecule has 0 radical (unpaired) electrons. The van der Waals surface area contributed by atoms with E-state index in [9.17, 15) is 9.59 Å². The van der Waals surface area contributed by atoms with Crippen LogP contribution in [0.15, 0.2) is 24.3 Å². The predicted molar refractivity (Wildman–Crippen MR) is 147 cm³/mol. The van der Waals surface area contributed by atoms with Gasteiger partial charge in [-0.1, -0.05) is 6.07 Å². The van der Waals surface area contributed by atoms with E-state index in [0.717, 1.165) is 0 Å². The number of fused-ring (bicyclic) bond motifs is 1. The van der Waals surface area contributed by atoms with E-state index >= 15 is 0 Å². The van der Waals surface area contributed by atoms with E-state index in [4.69, 9.17) is 42.6 Å². The van der Waals surface area contributed by atoms with Crippen LogP contribution in [0.5, 0.6) is 34.5 Å². The van der Waals surface area contributed by atoms with E-state index in [2.05, 4.69) is 0 Å². The number of benzene rings is 3. The standard InChI is InChI=1S/C29H34O11/c1-15(2)40-29(31)24-23(28(30)38-9)21(16-10-11-18(33-4)19(12-16)34-5)22-17(25(24)39-14-32-3)13-20(35-6)26(36-7)27(22)37-8/h10-13,15H,14H2,1-9H3. The van der Waals surface area contributed by atoms with Crippen LogP contribution >= 0.6 is 0 Å². The topological polar surface area (TPSA) is 117 Å². The summed E-state index contributed by atoms with van der Waals surface area (Å²) in [6, 6.07) is 6.68. The molecule has 0 aromatic heterocycles. The number of methoxy groups -OCH3 is 7. The van der Waals surface area contributed by atoms with E-state index < -0.39 is 18.0 Å². The van der Waals surface area contributed by atoms with Crippen molar-refractivity contribution in [2.24, 2.45) is 0 Å². The fourth-order valence-corrected chi connectivity index (χ4v) is 4.40. The van der Waals surface area contributed by atoms with Gasteiger partial charge in [0.25, 0.3) is 0 Å². The second-order valence-electron chi connectivity index (χ2n) is 8.59. The fourth-order valence-electron chi connectivity index (χ4n) is 4.40. The smallest absolute Gasteiger partial charge is 0.343 e. The minimum Gasteiger partial charge on any atom is -0.493 e. The molecule has 0 aliphatic heterocycles. The molecule has 0 unspecified atom stereocenters. The Kier molecular flexibility index (Phi) is 9.89. The van der Waals surface area contributed by atoms with Crippen molar-refractivity contribution in [1.29, 1.82) is 0 Å². The summed E-state index contributed by atoms with van der Waals surface area (Å²) in [6.07, 6.45) is -0.506. The predicted octanol–water partition coefficient (Wildman–Crippen LogP) is 4.88. The number of carbonyl (C=O) groups excluding carboxylic acids is 2. The first-order valence-corrected chi connectivity index (χ1v) is 12.2. The lowest BCUT2D eigenvalue weighted by Crippen LogP contribution is -2.20. The van der Waals surface area contributed by atoms with E-state index in [1.807, 2.05) is 0 Å². The highest BCUT2D eigenvalue weighted by molar-refractivity contribution is 6.20. The molecular formula is C29H34O11. The molecule has 0 saturated heterocycles. The number of hydrogen-bond donors (Lipinski definition) is 0. The summed E-state index contributed by atoms with van der Waals surface area (Å²) >= 11 is 0. The van der Waals surface area contributed by atoms with Crippen molar-refractivity contribution in [1.82, 2.24) is 0 Å². The zero-order chi connectivity index (χ0) is 29.6. The summed E-state index contributed by atoms with van der Waals surface area (Å²) in [5.41, 5.74) is 0.472. The normalized spacial score (nSPS) is 10.8. The average Bonchev–Trinajstić information content (AvgIpc) is 2.96. The van der Waals surface area contributed by atoms with Crippen molar-refractivity contribution in [3.05, 3.63) is 35.4 Å². The number of ether oxygens (including phenoxy) is 9. The van der Waals surface area contributed by atoms with Crippen LogP contribution in [0.25, 0.3) is 21.9 Å². The van der Waals surface area contributed by atoms with Crippen molar-refractivity contribution in [2.75, 3.05) is 56.6 Å². The quantitative estimate of drug-likeness (QED) is 0.223. The Balaban J connectivity index is 2.75. The van der Waals surface area contributed by atoms with Crippen LogP contribution in [0.2, 0.25) is 0 Å². The van der Waals surface area contributed by atoms with Crippen LogP contribution in [0.3, 0.4) is 0 Å². The van der Waals surface area contributed by atoms with Crippen molar-refractivity contribution < 1.29 is 52.2 Å². The summed E-state index contributed by atoms with van der Waals surface area (Å²) in [7, 11) is 10.0. The SMILES string of the molecule is COCOc1c(C(=O)OC(C)C)c(C(=O)OC)c(-c2ccc(OC)c(OC)c2)c2c(OC)c(OC)c(OC)cc12. The van der Waals surface area contributed by atoms with Crippen LogP contribution in [0.1, 0.15) is 34.6 Å². The Hall–Kier alpha value is -4.38. The molecule has 40 heavy (non-hydrogen) atoms. The molecule has 0 fully saturated rings. The molecule has 0 aliphatic carbocycles. The molecule has 3 rings (SSSR count).